The first-order valence-corrected chi connectivity index (χ1v) is 8.18. The van der Waals surface area contributed by atoms with E-state index in [0.29, 0.717) is 0 Å². The highest BCUT2D eigenvalue weighted by Crippen LogP contribution is 2.17. The molecule has 2 aromatic carbocycles. The van der Waals surface area contributed by atoms with Gasteiger partial charge in [-0.2, -0.15) is 0 Å². The number of hydrogen-bond acceptors (Lipinski definition) is 0. The smallest absolute Gasteiger partial charge is 0.233 e. The fourth-order valence-corrected chi connectivity index (χ4v) is 3.17. The number of benzene rings is 2. The van der Waals surface area contributed by atoms with E-state index >= 15 is 0 Å². The molecule has 0 saturated heterocycles. The number of aromatic nitrogens is 2. The van der Waals surface area contributed by atoms with Crippen LogP contribution in [0.5, 0.6) is 0 Å². The van der Waals surface area contributed by atoms with Crippen LogP contribution < -0.4 is 4.57 Å². The average Bonchev–Trinajstić information content (AvgIpc) is 2.93. The minimum atomic E-state index is 0.916. The van der Waals surface area contributed by atoms with Gasteiger partial charge >= 0.3 is 0 Å². The molecule has 3 aromatic rings. The van der Waals surface area contributed by atoms with Crippen molar-refractivity contribution >= 4 is 0 Å². The quantitative estimate of drug-likeness (QED) is 0.642. The molecule has 1 heterocycles. The van der Waals surface area contributed by atoms with E-state index in [1.54, 1.807) is 0 Å². The van der Waals surface area contributed by atoms with Crippen molar-refractivity contribution in [3.05, 3.63) is 88.5 Å². The molecule has 0 fully saturated rings. The van der Waals surface area contributed by atoms with Crippen molar-refractivity contribution in [3.8, 4) is 0 Å². The number of nitrogens with zero attached hydrogens (tertiary/aromatic N) is 2. The van der Waals surface area contributed by atoms with Crippen molar-refractivity contribution in [2.75, 3.05) is 0 Å². The van der Waals surface area contributed by atoms with E-state index in [0.717, 1.165) is 13.1 Å². The zero-order valence-corrected chi connectivity index (χ0v) is 14.5. The third-order valence-electron chi connectivity index (χ3n) is 4.41. The molecule has 0 saturated carbocycles. The fourth-order valence-electron chi connectivity index (χ4n) is 3.17. The summed E-state index contributed by atoms with van der Waals surface area (Å²) in [7, 11) is 0. The lowest BCUT2D eigenvalue weighted by atomic mass is 10.00. The van der Waals surface area contributed by atoms with E-state index in [2.05, 4.69) is 91.9 Å². The van der Waals surface area contributed by atoms with Gasteiger partial charge in [-0.3, -0.25) is 0 Å². The van der Waals surface area contributed by atoms with Crippen LogP contribution in [0.25, 0.3) is 0 Å². The van der Waals surface area contributed by atoms with Gasteiger partial charge in [0.15, 0.2) is 0 Å². The highest BCUT2D eigenvalue weighted by Gasteiger charge is 2.10. The summed E-state index contributed by atoms with van der Waals surface area (Å²) in [6.07, 6.45) is 6.50. The third kappa shape index (κ3) is 3.70. The first kappa shape index (κ1) is 15.5. The van der Waals surface area contributed by atoms with Crippen LogP contribution in [0.2, 0.25) is 0 Å². The minimum Gasteiger partial charge on any atom is -0.233 e. The Morgan fingerprint density at radius 2 is 1.52 bits per heavy atom. The van der Waals surface area contributed by atoms with Crippen LogP contribution in [0.15, 0.2) is 55.1 Å². The summed E-state index contributed by atoms with van der Waals surface area (Å²) in [4.78, 5) is 0. The van der Waals surface area contributed by atoms with E-state index in [9.17, 15) is 0 Å². The molecular formula is C21H25N2+. The molecule has 0 N–H and O–H groups in total. The maximum absolute atomic E-state index is 2.27. The predicted octanol–water partition coefficient (Wildman–Crippen LogP) is 4.11. The Hall–Kier alpha value is -2.35. The fraction of sp³-hybridized carbons (Fsp3) is 0.286. The number of aryl methyl sites for hydroxylation is 4. The third-order valence-corrected chi connectivity index (χ3v) is 4.41. The molecule has 0 radical (unpaired) electrons. The maximum atomic E-state index is 2.27. The van der Waals surface area contributed by atoms with Crippen LogP contribution in [-0.2, 0) is 13.1 Å². The Bertz CT molecular complexity index is 787. The second-order valence-electron chi connectivity index (χ2n) is 6.62. The van der Waals surface area contributed by atoms with E-state index in [1.165, 1.54) is 33.4 Å². The molecule has 0 aliphatic rings. The van der Waals surface area contributed by atoms with Crippen LogP contribution in [0.1, 0.15) is 33.4 Å². The molecule has 0 atom stereocenters. The largest absolute Gasteiger partial charge is 0.244 e. The van der Waals surface area contributed by atoms with Gasteiger partial charge in [0.2, 0.25) is 6.33 Å². The summed E-state index contributed by atoms with van der Waals surface area (Å²) in [5.74, 6) is 0. The molecule has 2 heteroatoms. The van der Waals surface area contributed by atoms with E-state index in [4.69, 9.17) is 0 Å². The molecule has 0 spiro atoms. The Kier molecular flexibility index (Phi) is 4.33. The second kappa shape index (κ2) is 6.41. The normalized spacial score (nSPS) is 11.0. The molecule has 2 nitrogen and oxygen atoms in total. The molecule has 0 amide bonds. The summed E-state index contributed by atoms with van der Waals surface area (Å²) in [6, 6.07) is 13.3. The lowest BCUT2D eigenvalue weighted by Gasteiger charge is -2.09. The summed E-state index contributed by atoms with van der Waals surface area (Å²) in [5, 5.41) is 0. The zero-order chi connectivity index (χ0) is 16.4. The zero-order valence-electron chi connectivity index (χ0n) is 14.5. The van der Waals surface area contributed by atoms with E-state index in [1.807, 2.05) is 0 Å². The molecule has 0 aliphatic carbocycles. The van der Waals surface area contributed by atoms with Gasteiger partial charge in [-0.1, -0.05) is 47.5 Å². The van der Waals surface area contributed by atoms with Crippen molar-refractivity contribution in [1.82, 2.24) is 4.57 Å². The highest BCUT2D eigenvalue weighted by molar-refractivity contribution is 5.37. The summed E-state index contributed by atoms with van der Waals surface area (Å²) in [6.45, 7) is 10.5. The van der Waals surface area contributed by atoms with Crippen molar-refractivity contribution in [3.63, 3.8) is 0 Å². The van der Waals surface area contributed by atoms with Gasteiger partial charge in [0, 0.05) is 0 Å². The highest BCUT2D eigenvalue weighted by atomic mass is 15.1. The number of rotatable bonds is 4. The van der Waals surface area contributed by atoms with Crippen LogP contribution in [0.3, 0.4) is 0 Å². The van der Waals surface area contributed by atoms with Crippen LogP contribution in [0, 0.1) is 27.7 Å². The molecule has 0 aliphatic heterocycles. The Morgan fingerprint density at radius 1 is 0.870 bits per heavy atom. The Labute approximate surface area is 139 Å². The predicted molar refractivity (Wildman–Crippen MR) is 94.7 cm³/mol. The summed E-state index contributed by atoms with van der Waals surface area (Å²) < 4.78 is 4.50. The average molecular weight is 305 g/mol. The van der Waals surface area contributed by atoms with Gasteiger partial charge in [0.1, 0.15) is 25.5 Å². The summed E-state index contributed by atoms with van der Waals surface area (Å²) >= 11 is 0. The first-order valence-electron chi connectivity index (χ1n) is 8.18. The molecule has 0 bridgehead atoms. The van der Waals surface area contributed by atoms with Gasteiger partial charge < -0.3 is 0 Å². The van der Waals surface area contributed by atoms with Gasteiger partial charge in [-0.25, -0.2) is 9.13 Å². The van der Waals surface area contributed by atoms with Gasteiger partial charge in [0.25, 0.3) is 0 Å². The minimum absolute atomic E-state index is 0.916. The van der Waals surface area contributed by atoms with Crippen LogP contribution in [0.4, 0.5) is 0 Å². The summed E-state index contributed by atoms with van der Waals surface area (Å²) in [5.41, 5.74) is 8.16. The van der Waals surface area contributed by atoms with Crippen LogP contribution >= 0.6 is 0 Å². The standard InChI is InChI=1S/C21H25N2/c1-16-5-7-20(8-6-16)13-22-9-10-23(15-22)14-21-18(3)11-17(2)12-19(21)4/h5-12,15H,13-14H2,1-4H3/q+1. The van der Waals surface area contributed by atoms with E-state index in [-0.39, 0.29) is 0 Å². The Morgan fingerprint density at radius 3 is 2.17 bits per heavy atom. The van der Waals surface area contributed by atoms with Gasteiger partial charge in [-0.15, -0.1) is 0 Å². The van der Waals surface area contributed by atoms with Crippen LogP contribution in [-0.4, -0.2) is 4.57 Å². The van der Waals surface area contributed by atoms with Crippen molar-refractivity contribution < 1.29 is 4.57 Å². The lowest BCUT2D eigenvalue weighted by molar-refractivity contribution is -0.687. The van der Waals surface area contributed by atoms with E-state index < -0.39 is 0 Å². The topological polar surface area (TPSA) is 8.81 Å². The molecular weight excluding hydrogens is 280 g/mol. The lowest BCUT2D eigenvalue weighted by Crippen LogP contribution is -2.31. The molecule has 118 valence electrons. The molecule has 1 aromatic heterocycles. The first-order chi connectivity index (χ1) is 11.0. The van der Waals surface area contributed by atoms with Crippen molar-refractivity contribution in [1.29, 1.82) is 0 Å². The SMILES string of the molecule is Cc1ccc(C[n+]2ccn(Cc3c(C)cc(C)cc3C)c2)cc1. The molecule has 0 unspecified atom stereocenters. The molecule has 3 rings (SSSR count). The Balaban J connectivity index is 1.76. The van der Waals surface area contributed by atoms with Crippen molar-refractivity contribution in [2.45, 2.75) is 40.8 Å². The van der Waals surface area contributed by atoms with Gasteiger partial charge in [0.05, 0.1) is 0 Å². The second-order valence-corrected chi connectivity index (χ2v) is 6.62. The van der Waals surface area contributed by atoms with Gasteiger partial charge in [-0.05, 0) is 49.9 Å². The number of hydrogen-bond donors (Lipinski definition) is 0. The monoisotopic (exact) mass is 305 g/mol. The van der Waals surface area contributed by atoms with Crippen molar-refractivity contribution in [2.24, 2.45) is 0 Å². The molecule has 23 heavy (non-hydrogen) atoms. The maximum Gasteiger partial charge on any atom is 0.244 e. The number of imidazole rings is 1.